The van der Waals surface area contributed by atoms with Gasteiger partial charge in [-0.15, -0.1) is 0 Å². The Morgan fingerprint density at radius 3 is 2.02 bits per heavy atom. The number of hydrogen-bond donors (Lipinski definition) is 0. The summed E-state index contributed by atoms with van der Waals surface area (Å²) >= 11 is 0. The molecule has 0 N–H and O–H groups in total. The summed E-state index contributed by atoms with van der Waals surface area (Å²) in [6, 6.07) is 52.5. The quantitative estimate of drug-likeness (QED) is 0.214. The number of nitrogens with zero attached hydrogens (tertiary/aromatic N) is 3. The highest BCUT2D eigenvalue weighted by Crippen LogP contribution is 2.42. The van der Waals surface area contributed by atoms with Gasteiger partial charge in [-0.25, -0.2) is 9.97 Å². The van der Waals surface area contributed by atoms with Crippen LogP contribution in [0.1, 0.15) is 0 Å². The summed E-state index contributed by atoms with van der Waals surface area (Å²) in [6.07, 6.45) is 0. The number of aromatic nitrogens is 3. The van der Waals surface area contributed by atoms with Gasteiger partial charge in [0.05, 0.1) is 27.8 Å². The maximum Gasteiger partial charge on any atom is 0.213 e. The maximum absolute atomic E-state index is 6.60. The van der Waals surface area contributed by atoms with Gasteiger partial charge in [-0.1, -0.05) is 121 Å². The van der Waals surface area contributed by atoms with Crippen LogP contribution < -0.4 is 0 Å². The van der Waals surface area contributed by atoms with Crippen LogP contribution in [-0.2, 0) is 0 Å². The van der Waals surface area contributed by atoms with Gasteiger partial charge in [0, 0.05) is 21.9 Å². The number of oxazole rings is 1. The first-order chi connectivity index (χ1) is 21.8. The van der Waals surface area contributed by atoms with Crippen molar-refractivity contribution in [2.24, 2.45) is 0 Å². The van der Waals surface area contributed by atoms with E-state index >= 15 is 0 Å². The monoisotopic (exact) mass is 563 g/mol. The predicted octanol–water partition coefficient (Wildman–Crippen LogP) is 10.4. The van der Waals surface area contributed by atoms with Gasteiger partial charge in [0.15, 0.2) is 11.4 Å². The number of para-hydroxylation sites is 3. The molecule has 0 aliphatic heterocycles. The third-order valence-corrected chi connectivity index (χ3v) is 8.40. The van der Waals surface area contributed by atoms with Gasteiger partial charge in [-0.2, -0.15) is 0 Å². The summed E-state index contributed by atoms with van der Waals surface area (Å²) < 4.78 is 8.86. The Hall–Kier alpha value is -6.00. The largest absolute Gasteiger partial charge is 0.438 e. The molecule has 0 bridgehead atoms. The molecule has 0 radical (unpaired) electrons. The molecular weight excluding hydrogens is 538 g/mol. The summed E-state index contributed by atoms with van der Waals surface area (Å²) in [5.41, 5.74) is 12.2. The Bertz CT molecular complexity index is 2490. The molecule has 0 aliphatic rings. The highest BCUT2D eigenvalue weighted by Gasteiger charge is 2.21. The van der Waals surface area contributed by atoms with Crippen molar-refractivity contribution in [3.63, 3.8) is 0 Å². The Labute approximate surface area is 253 Å². The second kappa shape index (κ2) is 9.79. The zero-order chi connectivity index (χ0) is 29.0. The lowest BCUT2D eigenvalue weighted by atomic mass is 9.97. The van der Waals surface area contributed by atoms with Crippen LogP contribution in [0.15, 0.2) is 156 Å². The van der Waals surface area contributed by atoms with E-state index in [4.69, 9.17) is 14.4 Å². The zero-order valence-corrected chi connectivity index (χ0v) is 23.7. The van der Waals surface area contributed by atoms with Crippen molar-refractivity contribution < 1.29 is 4.42 Å². The number of hydrogen-bond acceptors (Lipinski definition) is 3. The van der Waals surface area contributed by atoms with E-state index in [9.17, 15) is 0 Å². The van der Waals surface area contributed by atoms with E-state index in [1.165, 1.54) is 11.1 Å². The zero-order valence-electron chi connectivity index (χ0n) is 23.7. The summed E-state index contributed by atoms with van der Waals surface area (Å²) in [5.74, 6) is 0.715. The van der Waals surface area contributed by atoms with Crippen molar-refractivity contribution in [1.29, 1.82) is 0 Å². The lowest BCUT2D eigenvalue weighted by Gasteiger charge is -2.11. The summed E-state index contributed by atoms with van der Waals surface area (Å²) in [4.78, 5) is 10.0. The van der Waals surface area contributed by atoms with Crippen molar-refractivity contribution in [3.05, 3.63) is 152 Å². The molecular formula is C40H25N3O. The second-order valence-corrected chi connectivity index (χ2v) is 11.0. The van der Waals surface area contributed by atoms with Gasteiger partial charge >= 0.3 is 0 Å². The molecule has 4 nitrogen and oxygen atoms in total. The fourth-order valence-corrected chi connectivity index (χ4v) is 6.36. The van der Waals surface area contributed by atoms with Gasteiger partial charge in [0.25, 0.3) is 0 Å². The molecule has 0 unspecified atom stereocenters. The van der Waals surface area contributed by atoms with Gasteiger partial charge in [-0.3, -0.25) is 4.40 Å². The lowest BCUT2D eigenvalue weighted by Crippen LogP contribution is -1.95. The molecule has 0 amide bonds. The number of fused-ring (bicyclic) bond motifs is 6. The van der Waals surface area contributed by atoms with Crippen LogP contribution in [0.25, 0.3) is 83.5 Å². The van der Waals surface area contributed by atoms with E-state index < -0.39 is 0 Å². The van der Waals surface area contributed by atoms with E-state index in [-0.39, 0.29) is 0 Å². The fraction of sp³-hybridized carbons (Fsp3) is 0. The third-order valence-electron chi connectivity index (χ3n) is 8.40. The first-order valence-electron chi connectivity index (χ1n) is 14.8. The molecule has 0 saturated heterocycles. The van der Waals surface area contributed by atoms with Gasteiger partial charge < -0.3 is 4.42 Å². The molecule has 206 valence electrons. The minimum atomic E-state index is 0.715. The average molecular weight is 564 g/mol. The van der Waals surface area contributed by atoms with E-state index in [1.54, 1.807) is 0 Å². The molecule has 9 aromatic rings. The highest BCUT2D eigenvalue weighted by atomic mass is 16.3. The second-order valence-electron chi connectivity index (χ2n) is 11.0. The minimum absolute atomic E-state index is 0.715. The molecule has 0 aliphatic carbocycles. The molecule has 3 aromatic heterocycles. The third kappa shape index (κ3) is 3.85. The Morgan fingerprint density at radius 1 is 0.455 bits per heavy atom. The topological polar surface area (TPSA) is 43.3 Å². The van der Waals surface area contributed by atoms with Gasteiger partial charge in [-0.05, 0) is 47.0 Å². The normalized spacial score (nSPS) is 11.6. The fourth-order valence-electron chi connectivity index (χ4n) is 6.36. The molecule has 6 aromatic carbocycles. The summed E-state index contributed by atoms with van der Waals surface area (Å²) in [6.45, 7) is 0. The Morgan fingerprint density at radius 2 is 1.16 bits per heavy atom. The average Bonchev–Trinajstić information content (AvgIpc) is 3.63. The van der Waals surface area contributed by atoms with Crippen molar-refractivity contribution in [2.45, 2.75) is 0 Å². The minimum Gasteiger partial charge on any atom is -0.438 e. The summed E-state index contributed by atoms with van der Waals surface area (Å²) in [5, 5.41) is 2.16. The van der Waals surface area contributed by atoms with Crippen molar-refractivity contribution in [2.75, 3.05) is 0 Å². The molecule has 0 atom stereocenters. The van der Waals surface area contributed by atoms with Crippen molar-refractivity contribution in [3.8, 4) is 44.9 Å². The van der Waals surface area contributed by atoms with Crippen molar-refractivity contribution >= 4 is 38.6 Å². The van der Waals surface area contributed by atoms with Crippen LogP contribution in [0.3, 0.4) is 0 Å². The van der Waals surface area contributed by atoms with E-state index in [0.717, 1.165) is 66.6 Å². The molecule has 0 fully saturated rings. The highest BCUT2D eigenvalue weighted by molar-refractivity contribution is 6.08. The van der Waals surface area contributed by atoms with E-state index in [0.29, 0.717) is 5.82 Å². The first-order valence-corrected chi connectivity index (χ1v) is 14.8. The maximum atomic E-state index is 6.60. The van der Waals surface area contributed by atoms with Gasteiger partial charge in [0.1, 0.15) is 0 Å². The SMILES string of the molecule is c1ccc(-c2ccc3c(-c4cccc(-c5nc(-c6ccccc6)nc6ccccc56)c4)c4oc5ccccc5n4c3c2)cc1. The van der Waals surface area contributed by atoms with Crippen LogP contribution in [0.5, 0.6) is 0 Å². The van der Waals surface area contributed by atoms with Crippen LogP contribution in [0.2, 0.25) is 0 Å². The Kier molecular flexibility index (Phi) is 5.47. The molecule has 3 heterocycles. The van der Waals surface area contributed by atoms with Crippen LogP contribution in [-0.4, -0.2) is 14.4 Å². The first kappa shape index (κ1) is 24.6. The number of benzene rings is 6. The van der Waals surface area contributed by atoms with E-state index in [2.05, 4.69) is 114 Å². The molecule has 9 rings (SSSR count). The van der Waals surface area contributed by atoms with Crippen LogP contribution in [0, 0.1) is 0 Å². The number of rotatable bonds is 4. The lowest BCUT2D eigenvalue weighted by molar-refractivity contribution is 0.658. The Balaban J connectivity index is 1.30. The molecule has 44 heavy (non-hydrogen) atoms. The molecule has 0 spiro atoms. The predicted molar refractivity (Wildman–Crippen MR) is 180 cm³/mol. The van der Waals surface area contributed by atoms with Gasteiger partial charge in [0.2, 0.25) is 5.71 Å². The molecule has 0 saturated carbocycles. The summed E-state index contributed by atoms with van der Waals surface area (Å²) in [7, 11) is 0. The van der Waals surface area contributed by atoms with Crippen molar-refractivity contribution in [1.82, 2.24) is 14.4 Å². The standard InChI is InChI=1S/C40H25N3O/c1-3-12-26(13-4-1)28-22-23-32-35(25-28)43-34-20-9-10-21-36(34)44-40(43)37(32)29-16-11-17-30(24-29)38-31-18-7-8-19-33(31)41-39(42-38)27-14-5-2-6-15-27/h1-25H. The molecule has 4 heteroatoms. The van der Waals surface area contributed by atoms with E-state index in [1.807, 2.05) is 42.5 Å². The van der Waals surface area contributed by atoms with Crippen LogP contribution >= 0.6 is 0 Å². The smallest absolute Gasteiger partial charge is 0.213 e. The van der Waals surface area contributed by atoms with Crippen LogP contribution in [0.4, 0.5) is 0 Å².